The topological polar surface area (TPSA) is 200 Å². The SMILES string of the molecule is O=C(COc1cccc(C(=O)N/N=C/c2ccc(-c3ccc(/C=N/NC(=O)c4cccc(OCC(=O)NO)c4)cc3)cc2)c1)NO. The minimum atomic E-state index is -0.724. The zero-order valence-electron chi connectivity index (χ0n) is 24.0. The number of hydroxylamine groups is 2. The van der Waals surface area contributed by atoms with Crippen LogP contribution in [0.5, 0.6) is 11.5 Å². The van der Waals surface area contributed by atoms with E-state index in [0.717, 1.165) is 22.3 Å². The van der Waals surface area contributed by atoms with Crippen LogP contribution in [0.15, 0.2) is 107 Å². The summed E-state index contributed by atoms with van der Waals surface area (Å²) in [7, 11) is 0. The third-order valence-electron chi connectivity index (χ3n) is 6.10. The van der Waals surface area contributed by atoms with Gasteiger partial charge in [0, 0.05) is 11.1 Å². The average Bonchev–Trinajstić information content (AvgIpc) is 3.10. The van der Waals surface area contributed by atoms with Gasteiger partial charge in [-0.25, -0.2) is 21.8 Å². The number of rotatable bonds is 13. The lowest BCUT2D eigenvalue weighted by atomic mass is 10.0. The molecular formula is C32H28N6O8. The molecule has 234 valence electrons. The van der Waals surface area contributed by atoms with Gasteiger partial charge in [0.2, 0.25) is 0 Å². The minimum absolute atomic E-state index is 0.272. The minimum Gasteiger partial charge on any atom is -0.484 e. The Morgan fingerprint density at radius 3 is 1.35 bits per heavy atom. The van der Waals surface area contributed by atoms with E-state index >= 15 is 0 Å². The fourth-order valence-electron chi connectivity index (χ4n) is 3.80. The van der Waals surface area contributed by atoms with E-state index in [1.54, 1.807) is 36.4 Å². The fraction of sp³-hybridized carbons (Fsp3) is 0.0625. The van der Waals surface area contributed by atoms with E-state index in [-0.39, 0.29) is 22.6 Å². The molecule has 4 aromatic rings. The van der Waals surface area contributed by atoms with Crippen LogP contribution in [0.1, 0.15) is 31.8 Å². The number of carbonyl (C=O) groups excluding carboxylic acids is 4. The van der Waals surface area contributed by atoms with Gasteiger partial charge in [0.1, 0.15) is 11.5 Å². The number of nitrogens with one attached hydrogen (secondary N) is 4. The first kappa shape index (κ1) is 32.5. The summed E-state index contributed by atoms with van der Waals surface area (Å²) in [6, 6.07) is 27.3. The van der Waals surface area contributed by atoms with Crippen molar-refractivity contribution in [1.82, 2.24) is 21.8 Å². The average molecular weight is 625 g/mol. The van der Waals surface area contributed by atoms with Crippen LogP contribution in [0.2, 0.25) is 0 Å². The second-order valence-electron chi connectivity index (χ2n) is 9.35. The van der Waals surface area contributed by atoms with E-state index in [9.17, 15) is 19.2 Å². The second kappa shape index (κ2) is 16.5. The normalized spacial score (nSPS) is 10.7. The van der Waals surface area contributed by atoms with Crippen LogP contribution in [-0.4, -0.2) is 59.7 Å². The molecule has 4 amide bonds. The van der Waals surface area contributed by atoms with E-state index in [1.165, 1.54) is 35.5 Å². The van der Waals surface area contributed by atoms with Gasteiger partial charge in [-0.15, -0.1) is 0 Å². The molecule has 0 aliphatic carbocycles. The molecule has 0 aromatic heterocycles. The van der Waals surface area contributed by atoms with Gasteiger partial charge in [0.15, 0.2) is 13.2 Å². The molecule has 0 aliphatic heterocycles. The summed E-state index contributed by atoms with van der Waals surface area (Å²) >= 11 is 0. The largest absolute Gasteiger partial charge is 0.484 e. The molecule has 4 rings (SSSR count). The maximum Gasteiger partial charge on any atom is 0.281 e. The third-order valence-corrected chi connectivity index (χ3v) is 6.10. The van der Waals surface area contributed by atoms with Gasteiger partial charge in [0.25, 0.3) is 23.6 Å². The number of ether oxygens (including phenoxy) is 2. The van der Waals surface area contributed by atoms with E-state index in [2.05, 4.69) is 21.1 Å². The maximum absolute atomic E-state index is 12.4. The van der Waals surface area contributed by atoms with Crippen molar-refractivity contribution < 1.29 is 39.1 Å². The number of amides is 4. The van der Waals surface area contributed by atoms with Gasteiger partial charge in [0.05, 0.1) is 12.4 Å². The van der Waals surface area contributed by atoms with E-state index in [1.807, 2.05) is 48.5 Å². The number of benzene rings is 4. The first-order valence-corrected chi connectivity index (χ1v) is 13.5. The molecule has 0 bridgehead atoms. The van der Waals surface area contributed by atoms with Crippen molar-refractivity contribution in [3.63, 3.8) is 0 Å². The zero-order valence-corrected chi connectivity index (χ0v) is 24.0. The van der Waals surface area contributed by atoms with Crippen molar-refractivity contribution in [3.05, 3.63) is 119 Å². The third kappa shape index (κ3) is 9.84. The molecule has 14 nitrogen and oxygen atoms in total. The predicted molar refractivity (Wildman–Crippen MR) is 166 cm³/mol. The molecule has 14 heteroatoms. The van der Waals surface area contributed by atoms with Crippen molar-refractivity contribution >= 4 is 36.1 Å². The Hall–Kier alpha value is -6.38. The lowest BCUT2D eigenvalue weighted by molar-refractivity contribution is -0.131. The van der Waals surface area contributed by atoms with Crippen molar-refractivity contribution in [2.24, 2.45) is 10.2 Å². The zero-order chi connectivity index (χ0) is 32.7. The van der Waals surface area contributed by atoms with Gasteiger partial charge in [-0.3, -0.25) is 29.6 Å². The van der Waals surface area contributed by atoms with E-state index in [0.29, 0.717) is 0 Å². The number of hydrazone groups is 2. The number of hydrogen-bond donors (Lipinski definition) is 6. The first-order chi connectivity index (χ1) is 22.3. The lowest BCUT2D eigenvalue weighted by Gasteiger charge is -2.06. The smallest absolute Gasteiger partial charge is 0.281 e. The van der Waals surface area contributed by atoms with Gasteiger partial charge in [-0.2, -0.15) is 10.2 Å². The summed E-state index contributed by atoms with van der Waals surface area (Å²) in [4.78, 5) is 47.1. The monoisotopic (exact) mass is 624 g/mol. The molecule has 0 saturated carbocycles. The highest BCUT2D eigenvalue weighted by atomic mass is 16.5. The molecule has 0 unspecified atom stereocenters. The predicted octanol–water partition coefficient (Wildman–Crippen LogP) is 2.65. The molecular weight excluding hydrogens is 596 g/mol. The number of carbonyl (C=O) groups is 4. The second-order valence-corrected chi connectivity index (χ2v) is 9.35. The van der Waals surface area contributed by atoms with Crippen LogP contribution < -0.4 is 31.3 Å². The van der Waals surface area contributed by atoms with Gasteiger partial charge < -0.3 is 9.47 Å². The molecule has 0 aliphatic rings. The van der Waals surface area contributed by atoms with Crippen LogP contribution in [0.4, 0.5) is 0 Å². The van der Waals surface area contributed by atoms with Crippen LogP contribution >= 0.6 is 0 Å². The Kier molecular flexibility index (Phi) is 11.6. The van der Waals surface area contributed by atoms with Crippen molar-refractivity contribution in [1.29, 1.82) is 0 Å². The molecule has 6 N–H and O–H groups in total. The van der Waals surface area contributed by atoms with Crippen molar-refractivity contribution in [3.8, 4) is 22.6 Å². The summed E-state index contributed by atoms with van der Waals surface area (Å²) < 4.78 is 10.4. The van der Waals surface area contributed by atoms with E-state index in [4.69, 9.17) is 19.9 Å². The lowest BCUT2D eigenvalue weighted by Crippen LogP contribution is -2.25. The summed E-state index contributed by atoms with van der Waals surface area (Å²) in [5, 5.41) is 25.1. The Morgan fingerprint density at radius 1 is 0.587 bits per heavy atom. The highest BCUT2D eigenvalue weighted by Gasteiger charge is 2.09. The maximum atomic E-state index is 12.4. The number of hydrogen-bond acceptors (Lipinski definition) is 10. The van der Waals surface area contributed by atoms with Crippen LogP contribution in [-0.2, 0) is 9.59 Å². The van der Waals surface area contributed by atoms with Gasteiger partial charge in [-0.1, -0.05) is 60.7 Å². The Balaban J connectivity index is 1.26. The summed E-state index contributed by atoms with van der Waals surface area (Å²) in [6.45, 7) is -0.805. The highest BCUT2D eigenvalue weighted by Crippen LogP contribution is 2.20. The van der Waals surface area contributed by atoms with Crippen molar-refractivity contribution in [2.75, 3.05) is 13.2 Å². The molecule has 46 heavy (non-hydrogen) atoms. The van der Waals surface area contributed by atoms with Gasteiger partial charge >= 0.3 is 0 Å². The van der Waals surface area contributed by atoms with Gasteiger partial charge in [-0.05, 0) is 58.7 Å². The Labute approximate surface area is 262 Å². The quantitative estimate of drug-likeness (QED) is 0.0741. The Morgan fingerprint density at radius 2 is 0.978 bits per heavy atom. The highest BCUT2D eigenvalue weighted by molar-refractivity contribution is 5.96. The Bertz CT molecular complexity index is 1610. The summed E-state index contributed by atoms with van der Waals surface area (Å²) in [5.74, 6) is -1.84. The van der Waals surface area contributed by atoms with Crippen molar-refractivity contribution in [2.45, 2.75) is 0 Å². The number of nitrogens with zero attached hydrogens (tertiary/aromatic N) is 2. The molecule has 0 spiro atoms. The van der Waals surface area contributed by atoms with E-state index < -0.39 is 36.8 Å². The molecule has 0 atom stereocenters. The molecule has 0 fully saturated rings. The summed E-state index contributed by atoms with van der Waals surface area (Å²) in [5.41, 5.74) is 11.7. The summed E-state index contributed by atoms with van der Waals surface area (Å²) in [6.07, 6.45) is 3.00. The molecule has 0 radical (unpaired) electrons. The standard InChI is InChI=1S/C32H28N6O8/c39-29(37-43)19-45-27-5-1-3-25(15-27)31(41)35-33-17-21-7-11-23(12-8-21)24-13-9-22(10-14-24)18-34-36-32(42)26-4-2-6-28(16-26)46-20-30(40)38-44/h1-18,43-44H,19-20H2,(H,35,41)(H,36,42)(H,37,39)(H,38,40)/b33-17+,34-18+. The molecule has 0 heterocycles. The molecule has 0 saturated heterocycles. The van der Waals surface area contributed by atoms with Crippen LogP contribution in [0.25, 0.3) is 11.1 Å². The van der Waals surface area contributed by atoms with Crippen LogP contribution in [0, 0.1) is 0 Å². The van der Waals surface area contributed by atoms with Crippen LogP contribution in [0.3, 0.4) is 0 Å². The first-order valence-electron chi connectivity index (χ1n) is 13.5. The fourth-order valence-corrected chi connectivity index (χ4v) is 3.80. The molecule has 4 aromatic carbocycles.